The molecule has 1 aliphatic heterocycles. The van der Waals surface area contributed by atoms with Crippen molar-refractivity contribution in [3.8, 4) is 0 Å². The molecule has 1 unspecified atom stereocenters. The Balaban J connectivity index is 1.79. The van der Waals surface area contributed by atoms with Crippen LogP contribution in [-0.2, 0) is 0 Å². The van der Waals surface area contributed by atoms with E-state index in [2.05, 4.69) is 30.0 Å². The molecule has 3 heterocycles. The zero-order valence-corrected chi connectivity index (χ0v) is 12.7. The summed E-state index contributed by atoms with van der Waals surface area (Å²) in [5, 5.41) is 6.86. The molecule has 2 aromatic heterocycles. The van der Waals surface area contributed by atoms with E-state index >= 15 is 0 Å². The van der Waals surface area contributed by atoms with Gasteiger partial charge in [0.15, 0.2) is 0 Å². The van der Waals surface area contributed by atoms with Crippen LogP contribution in [0.4, 0.5) is 5.82 Å². The summed E-state index contributed by atoms with van der Waals surface area (Å²) in [5.74, 6) is 1.79. The van der Waals surface area contributed by atoms with Crippen molar-refractivity contribution >= 4 is 11.7 Å². The maximum Gasteiger partial charge on any atom is 0.273 e. The summed E-state index contributed by atoms with van der Waals surface area (Å²) in [6, 6.07) is 0. The molecule has 1 atom stereocenters. The van der Waals surface area contributed by atoms with Gasteiger partial charge in [0.25, 0.3) is 5.91 Å². The Hall–Kier alpha value is -2.51. The minimum atomic E-state index is -0.141. The first-order valence-electron chi connectivity index (χ1n) is 7.29. The van der Waals surface area contributed by atoms with Crippen LogP contribution in [0.1, 0.15) is 35.1 Å². The Bertz CT molecular complexity index is 640. The molecule has 2 aromatic rings. The Morgan fingerprint density at radius 3 is 3.00 bits per heavy atom. The van der Waals surface area contributed by atoms with E-state index in [-0.39, 0.29) is 5.91 Å². The van der Waals surface area contributed by atoms with Crippen LogP contribution < -0.4 is 4.90 Å². The highest BCUT2D eigenvalue weighted by Gasteiger charge is 2.25. The van der Waals surface area contributed by atoms with Crippen LogP contribution in [-0.4, -0.2) is 63.1 Å². The molecular weight excluding hydrogens is 282 g/mol. The van der Waals surface area contributed by atoms with E-state index in [9.17, 15) is 4.79 Å². The van der Waals surface area contributed by atoms with Crippen molar-refractivity contribution in [1.82, 2.24) is 30.0 Å². The smallest absolute Gasteiger partial charge is 0.273 e. The average Bonchev–Trinajstić information content (AvgIpc) is 3.09. The summed E-state index contributed by atoms with van der Waals surface area (Å²) in [6.45, 7) is 1.70. The largest absolute Gasteiger partial charge is 0.355 e. The topological polar surface area (TPSA) is 90.9 Å². The number of nitrogens with zero attached hydrogens (tertiary/aromatic N) is 6. The number of carbonyl (C=O) groups is 1. The molecule has 3 rings (SSSR count). The quantitative estimate of drug-likeness (QED) is 0.896. The molecule has 22 heavy (non-hydrogen) atoms. The normalized spacial score (nSPS) is 18.3. The second-order valence-corrected chi connectivity index (χ2v) is 5.62. The fourth-order valence-electron chi connectivity index (χ4n) is 2.66. The fourth-order valence-corrected chi connectivity index (χ4v) is 2.66. The molecule has 0 radical (unpaired) electrons. The Morgan fingerprint density at radius 2 is 2.27 bits per heavy atom. The standard InChI is InChI=1S/C14H19N7O/c1-20(2)14(22)11-6-15-7-12(18-11)21-5-3-4-10(8-21)13-16-9-17-19-13/h6-7,9-10H,3-5,8H2,1-2H3,(H,16,17,19). The van der Waals surface area contributed by atoms with Crippen LogP contribution >= 0.6 is 0 Å². The molecule has 1 amide bonds. The number of aromatic nitrogens is 5. The van der Waals surface area contributed by atoms with Crippen LogP contribution in [0.3, 0.4) is 0 Å². The van der Waals surface area contributed by atoms with Crippen molar-refractivity contribution in [3.63, 3.8) is 0 Å². The third kappa shape index (κ3) is 2.90. The summed E-state index contributed by atoms with van der Waals surface area (Å²) in [6.07, 6.45) is 6.84. The first-order valence-corrected chi connectivity index (χ1v) is 7.29. The second-order valence-electron chi connectivity index (χ2n) is 5.62. The summed E-state index contributed by atoms with van der Waals surface area (Å²) < 4.78 is 0. The summed E-state index contributed by atoms with van der Waals surface area (Å²) in [7, 11) is 3.41. The average molecular weight is 301 g/mol. The van der Waals surface area contributed by atoms with Crippen LogP contribution in [0, 0.1) is 0 Å². The van der Waals surface area contributed by atoms with Gasteiger partial charge in [0.1, 0.15) is 23.7 Å². The van der Waals surface area contributed by atoms with Crippen LogP contribution in [0.2, 0.25) is 0 Å². The molecule has 0 saturated carbocycles. The van der Waals surface area contributed by atoms with Gasteiger partial charge in [-0.15, -0.1) is 0 Å². The molecule has 1 aliphatic rings. The van der Waals surface area contributed by atoms with E-state index in [0.717, 1.165) is 37.6 Å². The van der Waals surface area contributed by atoms with Gasteiger partial charge in [0.05, 0.1) is 12.4 Å². The third-order valence-corrected chi connectivity index (χ3v) is 3.81. The van der Waals surface area contributed by atoms with Crippen LogP contribution in [0.25, 0.3) is 0 Å². The lowest BCUT2D eigenvalue weighted by Crippen LogP contribution is -2.36. The molecule has 0 aliphatic carbocycles. The Labute approximate surface area is 128 Å². The molecule has 8 heteroatoms. The highest BCUT2D eigenvalue weighted by molar-refractivity contribution is 5.91. The van der Waals surface area contributed by atoms with Crippen molar-refractivity contribution in [1.29, 1.82) is 0 Å². The highest BCUT2D eigenvalue weighted by atomic mass is 16.2. The SMILES string of the molecule is CN(C)C(=O)c1cncc(N2CCCC(c3ncn[nH]3)C2)n1. The van der Waals surface area contributed by atoms with E-state index in [1.165, 1.54) is 17.4 Å². The predicted octanol–water partition coefficient (Wildman–Crippen LogP) is 0.680. The maximum absolute atomic E-state index is 12.0. The van der Waals surface area contributed by atoms with Crippen molar-refractivity contribution in [2.75, 3.05) is 32.1 Å². The number of piperidine rings is 1. The van der Waals surface area contributed by atoms with Crippen LogP contribution in [0.15, 0.2) is 18.7 Å². The van der Waals surface area contributed by atoms with Gasteiger partial charge in [-0.05, 0) is 12.8 Å². The monoisotopic (exact) mass is 301 g/mol. The van der Waals surface area contributed by atoms with E-state index in [1.54, 1.807) is 20.3 Å². The number of carbonyl (C=O) groups excluding carboxylic acids is 1. The maximum atomic E-state index is 12.0. The van der Waals surface area contributed by atoms with E-state index < -0.39 is 0 Å². The molecule has 0 aromatic carbocycles. The lowest BCUT2D eigenvalue weighted by Gasteiger charge is -2.32. The zero-order chi connectivity index (χ0) is 15.5. The predicted molar refractivity (Wildman–Crippen MR) is 80.6 cm³/mol. The Morgan fingerprint density at radius 1 is 1.41 bits per heavy atom. The number of hydrogen-bond donors (Lipinski definition) is 1. The van der Waals surface area contributed by atoms with Crippen molar-refractivity contribution in [2.24, 2.45) is 0 Å². The first-order chi connectivity index (χ1) is 10.6. The molecule has 1 fully saturated rings. The molecule has 0 bridgehead atoms. The lowest BCUT2D eigenvalue weighted by atomic mass is 9.97. The first kappa shape index (κ1) is 14.4. The van der Waals surface area contributed by atoms with Gasteiger partial charge < -0.3 is 9.80 Å². The molecule has 0 spiro atoms. The highest BCUT2D eigenvalue weighted by Crippen LogP contribution is 2.26. The number of rotatable bonds is 3. The van der Waals surface area contributed by atoms with E-state index in [4.69, 9.17) is 0 Å². The number of anilines is 1. The van der Waals surface area contributed by atoms with Gasteiger partial charge in [-0.2, -0.15) is 5.10 Å². The fraction of sp³-hybridized carbons (Fsp3) is 0.500. The summed E-state index contributed by atoms with van der Waals surface area (Å²) >= 11 is 0. The third-order valence-electron chi connectivity index (χ3n) is 3.81. The number of nitrogens with one attached hydrogen (secondary N) is 1. The van der Waals surface area contributed by atoms with Gasteiger partial charge in [-0.25, -0.2) is 9.97 Å². The Kier molecular flexibility index (Phi) is 3.99. The number of hydrogen-bond acceptors (Lipinski definition) is 6. The second kappa shape index (κ2) is 6.08. The molecular formula is C14H19N7O. The summed E-state index contributed by atoms with van der Waals surface area (Å²) in [4.78, 5) is 28.5. The van der Waals surface area contributed by atoms with Crippen molar-refractivity contribution < 1.29 is 4.79 Å². The van der Waals surface area contributed by atoms with Gasteiger partial charge in [0.2, 0.25) is 0 Å². The van der Waals surface area contributed by atoms with Gasteiger partial charge >= 0.3 is 0 Å². The van der Waals surface area contributed by atoms with Gasteiger partial charge in [-0.1, -0.05) is 0 Å². The van der Waals surface area contributed by atoms with E-state index in [1.807, 2.05) is 0 Å². The van der Waals surface area contributed by atoms with Gasteiger partial charge in [-0.3, -0.25) is 14.9 Å². The van der Waals surface area contributed by atoms with Crippen molar-refractivity contribution in [3.05, 3.63) is 30.2 Å². The number of amides is 1. The molecule has 1 N–H and O–H groups in total. The van der Waals surface area contributed by atoms with Gasteiger partial charge in [0, 0.05) is 33.1 Å². The minimum Gasteiger partial charge on any atom is -0.355 e. The minimum absolute atomic E-state index is 0.141. The molecule has 8 nitrogen and oxygen atoms in total. The summed E-state index contributed by atoms with van der Waals surface area (Å²) in [5.41, 5.74) is 0.365. The van der Waals surface area contributed by atoms with Crippen LogP contribution in [0.5, 0.6) is 0 Å². The number of H-pyrrole nitrogens is 1. The molecule has 1 saturated heterocycles. The number of aromatic amines is 1. The van der Waals surface area contributed by atoms with E-state index in [0.29, 0.717) is 11.6 Å². The lowest BCUT2D eigenvalue weighted by molar-refractivity contribution is 0.0821. The zero-order valence-electron chi connectivity index (χ0n) is 12.7. The molecule has 116 valence electrons. The van der Waals surface area contributed by atoms with Crippen molar-refractivity contribution in [2.45, 2.75) is 18.8 Å².